The van der Waals surface area contributed by atoms with Gasteiger partial charge in [-0.1, -0.05) is 20.8 Å². The lowest BCUT2D eigenvalue weighted by atomic mass is 9.87. The van der Waals surface area contributed by atoms with E-state index in [1.165, 1.54) is 0 Å². The number of benzene rings is 1. The molecule has 0 aliphatic heterocycles. The maximum absolute atomic E-state index is 13.1. The van der Waals surface area contributed by atoms with Crippen molar-refractivity contribution in [2.75, 3.05) is 0 Å². The Morgan fingerprint density at radius 1 is 1.39 bits per heavy atom. The molecule has 1 rings (SSSR count). The first-order valence-electron chi connectivity index (χ1n) is 5.68. The molecule has 98 valence electrons. The van der Waals surface area contributed by atoms with Crippen molar-refractivity contribution in [1.82, 2.24) is 0 Å². The fourth-order valence-electron chi connectivity index (χ4n) is 1.56. The van der Waals surface area contributed by atoms with Crippen LogP contribution in [-0.2, 0) is 11.2 Å². The molecule has 1 aromatic rings. The third-order valence-electron chi connectivity index (χ3n) is 2.70. The van der Waals surface area contributed by atoms with Crippen LogP contribution in [0.25, 0.3) is 0 Å². The van der Waals surface area contributed by atoms with E-state index in [9.17, 15) is 19.3 Å². The number of ketones is 1. The Kier molecular flexibility index (Phi) is 4.16. The van der Waals surface area contributed by atoms with Crippen LogP contribution in [0.5, 0.6) is 0 Å². The molecule has 18 heavy (non-hydrogen) atoms. The average molecular weight is 253 g/mol. The summed E-state index contributed by atoms with van der Waals surface area (Å²) in [6.07, 6.45) is 0.359. The largest absolute Gasteiger partial charge is 0.299 e. The first-order valence-corrected chi connectivity index (χ1v) is 5.68. The van der Waals surface area contributed by atoms with E-state index in [1.807, 2.05) is 0 Å². The molecule has 0 fully saturated rings. The Morgan fingerprint density at radius 2 is 2.00 bits per heavy atom. The number of hydrogen-bond acceptors (Lipinski definition) is 3. The summed E-state index contributed by atoms with van der Waals surface area (Å²) in [4.78, 5) is 22.0. The Labute approximate surface area is 105 Å². The lowest BCUT2D eigenvalue weighted by Crippen LogP contribution is -2.20. The summed E-state index contributed by atoms with van der Waals surface area (Å²) in [6, 6.07) is 3.30. The molecule has 0 aliphatic rings. The second-order valence-corrected chi connectivity index (χ2v) is 5.20. The summed E-state index contributed by atoms with van der Waals surface area (Å²) >= 11 is 0. The van der Waals surface area contributed by atoms with Gasteiger partial charge in [0.05, 0.1) is 4.92 Å². The van der Waals surface area contributed by atoms with Gasteiger partial charge in [0.2, 0.25) is 0 Å². The van der Waals surface area contributed by atoms with Crippen LogP contribution in [0.1, 0.15) is 32.8 Å². The van der Waals surface area contributed by atoms with Crippen LogP contribution >= 0.6 is 0 Å². The number of carbonyl (C=O) groups excluding carboxylic acids is 1. The molecule has 0 aromatic heterocycles. The fourth-order valence-corrected chi connectivity index (χ4v) is 1.56. The number of nitro groups is 1. The van der Waals surface area contributed by atoms with Crippen LogP contribution in [0.15, 0.2) is 18.2 Å². The van der Waals surface area contributed by atoms with Gasteiger partial charge in [-0.05, 0) is 18.6 Å². The van der Waals surface area contributed by atoms with Crippen molar-refractivity contribution in [3.8, 4) is 0 Å². The van der Waals surface area contributed by atoms with E-state index in [4.69, 9.17) is 0 Å². The Balaban J connectivity index is 2.87. The minimum absolute atomic E-state index is 0.000981. The van der Waals surface area contributed by atoms with Gasteiger partial charge in [-0.3, -0.25) is 14.9 Å². The Morgan fingerprint density at radius 3 is 2.50 bits per heavy atom. The first kappa shape index (κ1) is 14.3. The highest BCUT2D eigenvalue weighted by Crippen LogP contribution is 2.23. The number of Topliss-reactive ketones (excluding diaryl/α,β-unsaturated/α-hetero) is 1. The van der Waals surface area contributed by atoms with Crippen LogP contribution in [0.2, 0.25) is 0 Å². The lowest BCUT2D eigenvalue weighted by molar-refractivity contribution is -0.385. The van der Waals surface area contributed by atoms with Crippen molar-refractivity contribution in [3.63, 3.8) is 0 Å². The SMILES string of the molecule is CC(C)(C)C(=O)CCc1cc(F)ccc1[N+](=O)[O-]. The number of nitro benzene ring substituents is 1. The molecular weight excluding hydrogens is 237 g/mol. The van der Waals surface area contributed by atoms with Crippen molar-refractivity contribution in [3.05, 3.63) is 39.7 Å². The first-order chi connectivity index (χ1) is 8.21. The lowest BCUT2D eigenvalue weighted by Gasteiger charge is -2.16. The summed E-state index contributed by atoms with van der Waals surface area (Å²) in [5.74, 6) is -0.528. The van der Waals surface area contributed by atoms with Gasteiger partial charge in [0.1, 0.15) is 11.6 Å². The van der Waals surface area contributed by atoms with Gasteiger partial charge >= 0.3 is 0 Å². The molecule has 0 aliphatic carbocycles. The van der Waals surface area contributed by atoms with Crippen LogP contribution in [0.4, 0.5) is 10.1 Å². The molecule has 0 saturated carbocycles. The fraction of sp³-hybridized carbons (Fsp3) is 0.462. The zero-order chi connectivity index (χ0) is 13.9. The average Bonchev–Trinajstić information content (AvgIpc) is 2.24. The summed E-state index contributed by atoms with van der Waals surface area (Å²) in [7, 11) is 0. The second-order valence-electron chi connectivity index (χ2n) is 5.20. The molecule has 0 spiro atoms. The Bertz CT molecular complexity index is 478. The van der Waals surface area contributed by atoms with Crippen LogP contribution in [0, 0.1) is 21.3 Å². The van der Waals surface area contributed by atoms with E-state index >= 15 is 0 Å². The summed E-state index contributed by atoms with van der Waals surface area (Å²) in [5, 5.41) is 10.8. The van der Waals surface area contributed by atoms with Crippen molar-refractivity contribution in [2.24, 2.45) is 5.41 Å². The van der Waals surface area contributed by atoms with Gasteiger partial charge in [-0.25, -0.2) is 4.39 Å². The van der Waals surface area contributed by atoms with Crippen molar-refractivity contribution < 1.29 is 14.1 Å². The molecule has 0 unspecified atom stereocenters. The number of halogens is 1. The van der Waals surface area contributed by atoms with Crippen LogP contribution < -0.4 is 0 Å². The second kappa shape index (κ2) is 5.25. The number of carbonyl (C=O) groups is 1. The van der Waals surface area contributed by atoms with E-state index in [1.54, 1.807) is 20.8 Å². The molecule has 0 atom stereocenters. The van der Waals surface area contributed by atoms with E-state index in [0.29, 0.717) is 0 Å². The molecule has 0 radical (unpaired) electrons. The molecular formula is C13H16FNO3. The molecule has 0 saturated heterocycles. The Hall–Kier alpha value is -1.78. The number of aryl methyl sites for hydroxylation is 1. The molecule has 0 heterocycles. The zero-order valence-electron chi connectivity index (χ0n) is 10.7. The minimum Gasteiger partial charge on any atom is -0.299 e. The van der Waals surface area contributed by atoms with Gasteiger partial charge in [-0.15, -0.1) is 0 Å². The molecule has 0 amide bonds. The third-order valence-corrected chi connectivity index (χ3v) is 2.70. The van der Waals surface area contributed by atoms with E-state index < -0.39 is 16.2 Å². The number of rotatable bonds is 4. The number of hydrogen-bond donors (Lipinski definition) is 0. The maximum atomic E-state index is 13.1. The van der Waals surface area contributed by atoms with Crippen LogP contribution in [-0.4, -0.2) is 10.7 Å². The summed E-state index contributed by atoms with van der Waals surface area (Å²) in [5.41, 5.74) is -0.363. The van der Waals surface area contributed by atoms with Gasteiger partial charge in [0, 0.05) is 23.5 Å². The predicted molar refractivity (Wildman–Crippen MR) is 65.8 cm³/mol. The highest BCUT2D eigenvalue weighted by atomic mass is 19.1. The van der Waals surface area contributed by atoms with Gasteiger partial charge in [-0.2, -0.15) is 0 Å². The van der Waals surface area contributed by atoms with Crippen LogP contribution in [0.3, 0.4) is 0 Å². The van der Waals surface area contributed by atoms with Crippen molar-refractivity contribution in [1.29, 1.82) is 0 Å². The monoisotopic (exact) mass is 253 g/mol. The predicted octanol–water partition coefficient (Wildman–Crippen LogP) is 3.28. The van der Waals surface area contributed by atoms with E-state index in [0.717, 1.165) is 18.2 Å². The minimum atomic E-state index is -0.559. The highest BCUT2D eigenvalue weighted by Gasteiger charge is 2.22. The normalized spacial score (nSPS) is 11.3. The van der Waals surface area contributed by atoms with Gasteiger partial charge < -0.3 is 0 Å². The summed E-state index contributed by atoms with van der Waals surface area (Å²) < 4.78 is 13.1. The molecule has 1 aromatic carbocycles. The van der Waals surface area contributed by atoms with E-state index in [2.05, 4.69) is 0 Å². The third kappa shape index (κ3) is 3.61. The van der Waals surface area contributed by atoms with Crippen molar-refractivity contribution >= 4 is 11.5 Å². The number of nitrogens with zero attached hydrogens (tertiary/aromatic N) is 1. The maximum Gasteiger partial charge on any atom is 0.272 e. The topological polar surface area (TPSA) is 60.2 Å². The van der Waals surface area contributed by atoms with E-state index in [-0.39, 0.29) is 29.9 Å². The molecule has 4 nitrogen and oxygen atoms in total. The molecule has 0 bridgehead atoms. The zero-order valence-corrected chi connectivity index (χ0v) is 10.7. The smallest absolute Gasteiger partial charge is 0.272 e. The quantitative estimate of drug-likeness (QED) is 0.611. The standard InChI is InChI=1S/C13H16FNO3/c1-13(2,3)12(16)7-4-9-8-10(14)5-6-11(9)15(17)18/h5-6,8H,4,7H2,1-3H3. The highest BCUT2D eigenvalue weighted by molar-refractivity contribution is 5.83. The summed E-state index contributed by atoms with van der Waals surface area (Å²) in [6.45, 7) is 5.36. The van der Waals surface area contributed by atoms with Crippen molar-refractivity contribution in [2.45, 2.75) is 33.6 Å². The molecule has 5 heteroatoms. The van der Waals surface area contributed by atoms with Gasteiger partial charge in [0.25, 0.3) is 5.69 Å². The van der Waals surface area contributed by atoms with Gasteiger partial charge in [0.15, 0.2) is 0 Å². The molecule has 0 N–H and O–H groups in total.